The smallest absolute Gasteiger partial charge is 0.266 e. The van der Waals surface area contributed by atoms with Crippen LogP contribution in [0.1, 0.15) is 31.8 Å². The Labute approximate surface area is 267 Å². The molecule has 0 N–H and O–H groups in total. The lowest BCUT2D eigenvalue weighted by atomic mass is 10.1. The molecule has 0 spiro atoms. The van der Waals surface area contributed by atoms with Crippen molar-refractivity contribution < 1.29 is 9.59 Å². The molecule has 0 unspecified atom stereocenters. The van der Waals surface area contributed by atoms with E-state index in [1.807, 2.05) is 60.7 Å². The van der Waals surface area contributed by atoms with Gasteiger partial charge < -0.3 is 9.13 Å². The zero-order valence-corrected chi connectivity index (χ0v) is 24.7. The summed E-state index contributed by atoms with van der Waals surface area (Å²) in [6, 6.07) is 44.7. The van der Waals surface area contributed by atoms with Gasteiger partial charge in [-0.1, -0.05) is 48.5 Å². The Hall–Kier alpha value is -6.96. The first-order valence-corrected chi connectivity index (χ1v) is 15.1. The highest BCUT2D eigenvalue weighted by molar-refractivity contribution is 6.34. The topological polar surface area (TPSA) is 94.8 Å². The third-order valence-electron chi connectivity index (χ3n) is 9.11. The first kappa shape index (κ1) is 26.4. The van der Waals surface area contributed by atoms with Crippen LogP contribution in [0.4, 0.5) is 5.69 Å². The summed E-state index contributed by atoms with van der Waals surface area (Å²) in [5.74, 6) is -0.811. The van der Waals surface area contributed by atoms with Gasteiger partial charge in [0, 0.05) is 27.2 Å². The number of carbonyl (C=O) groups is 2. The van der Waals surface area contributed by atoms with Gasteiger partial charge in [-0.3, -0.25) is 9.59 Å². The predicted octanol–water partition coefficient (Wildman–Crippen LogP) is 8.42. The van der Waals surface area contributed by atoms with E-state index in [4.69, 9.17) is 0 Å². The number of nitrogens with zero attached hydrogens (tertiary/aromatic N) is 5. The fraction of sp³-hybridized carbons (Fsp3) is 0. The zero-order chi connectivity index (χ0) is 31.8. The number of imide groups is 1. The molecule has 0 aliphatic carbocycles. The maximum Gasteiger partial charge on any atom is 0.266 e. The van der Waals surface area contributed by atoms with Crippen molar-refractivity contribution >= 4 is 61.1 Å². The Bertz CT molecular complexity index is 2720. The largest absolute Gasteiger partial charge is 0.309 e. The van der Waals surface area contributed by atoms with Crippen molar-refractivity contribution in [1.82, 2.24) is 9.13 Å². The molecule has 9 rings (SSSR count). The molecule has 218 valence electrons. The van der Waals surface area contributed by atoms with E-state index in [-0.39, 0.29) is 0 Å². The SMILES string of the molecule is N#Cc1ccc(-n2c3ccccc3c3cc4c5ccccc5n(-c5ccc(N6C(=O)c7ccccc7C6=O)cc5C#N)c4cc32)cc1. The number of carbonyl (C=O) groups excluding carboxylic acids is 2. The van der Waals surface area contributed by atoms with Crippen molar-refractivity contribution in [1.29, 1.82) is 10.5 Å². The Balaban J connectivity index is 1.31. The summed E-state index contributed by atoms with van der Waals surface area (Å²) in [5.41, 5.74) is 7.39. The van der Waals surface area contributed by atoms with Crippen LogP contribution in [-0.2, 0) is 0 Å². The molecule has 1 aliphatic heterocycles. The quantitative estimate of drug-likeness (QED) is 0.189. The molecular formula is C40H21N5O2. The van der Waals surface area contributed by atoms with Gasteiger partial charge in [0.25, 0.3) is 11.8 Å². The van der Waals surface area contributed by atoms with Crippen LogP contribution in [0, 0.1) is 22.7 Å². The van der Waals surface area contributed by atoms with E-state index >= 15 is 0 Å². The Kier molecular flexibility index (Phi) is 5.50. The van der Waals surface area contributed by atoms with E-state index in [1.54, 1.807) is 36.4 Å². The summed E-state index contributed by atoms with van der Waals surface area (Å²) in [4.78, 5) is 27.6. The van der Waals surface area contributed by atoms with Gasteiger partial charge in [-0.05, 0) is 78.9 Å². The molecule has 8 aromatic rings. The summed E-state index contributed by atoms with van der Waals surface area (Å²) in [7, 11) is 0. The highest BCUT2D eigenvalue weighted by Gasteiger charge is 2.36. The van der Waals surface area contributed by atoms with Crippen molar-refractivity contribution in [2.75, 3.05) is 4.90 Å². The van der Waals surface area contributed by atoms with Gasteiger partial charge in [0.1, 0.15) is 6.07 Å². The number of amides is 2. The molecule has 1 aliphatic rings. The van der Waals surface area contributed by atoms with Gasteiger partial charge in [-0.15, -0.1) is 0 Å². The highest BCUT2D eigenvalue weighted by Crippen LogP contribution is 2.40. The van der Waals surface area contributed by atoms with E-state index in [0.29, 0.717) is 33.6 Å². The van der Waals surface area contributed by atoms with Crippen molar-refractivity contribution in [3.8, 4) is 23.5 Å². The molecule has 7 heteroatoms. The van der Waals surface area contributed by atoms with Crippen molar-refractivity contribution in [2.24, 2.45) is 0 Å². The van der Waals surface area contributed by atoms with Crippen LogP contribution in [0.15, 0.2) is 127 Å². The fourth-order valence-electron chi connectivity index (χ4n) is 7.03. The number of nitriles is 2. The highest BCUT2D eigenvalue weighted by atomic mass is 16.2. The predicted molar refractivity (Wildman–Crippen MR) is 182 cm³/mol. The summed E-state index contributed by atoms with van der Waals surface area (Å²) < 4.78 is 4.28. The molecule has 2 aromatic heterocycles. The number of fused-ring (bicyclic) bond motifs is 7. The first-order valence-electron chi connectivity index (χ1n) is 15.1. The number of hydrogen-bond donors (Lipinski definition) is 0. The first-order chi connectivity index (χ1) is 23.1. The van der Waals surface area contributed by atoms with Crippen LogP contribution in [0.3, 0.4) is 0 Å². The molecule has 6 aromatic carbocycles. The van der Waals surface area contributed by atoms with Gasteiger partial charge in [0.05, 0.1) is 61.8 Å². The monoisotopic (exact) mass is 603 g/mol. The van der Waals surface area contributed by atoms with Crippen LogP contribution in [-0.4, -0.2) is 20.9 Å². The van der Waals surface area contributed by atoms with Crippen LogP contribution >= 0.6 is 0 Å². The second-order valence-electron chi connectivity index (χ2n) is 11.6. The summed E-state index contributed by atoms with van der Waals surface area (Å²) in [6.45, 7) is 0. The van der Waals surface area contributed by atoms with E-state index < -0.39 is 11.8 Å². The maximum absolute atomic E-state index is 13.3. The molecule has 0 radical (unpaired) electrons. The van der Waals surface area contributed by atoms with E-state index in [2.05, 4.69) is 51.6 Å². The summed E-state index contributed by atoms with van der Waals surface area (Å²) in [5, 5.41) is 24.1. The van der Waals surface area contributed by atoms with Crippen molar-refractivity contribution in [3.05, 3.63) is 150 Å². The third kappa shape index (κ3) is 3.66. The van der Waals surface area contributed by atoms with Gasteiger partial charge >= 0.3 is 0 Å². The number of anilines is 1. The van der Waals surface area contributed by atoms with Crippen LogP contribution in [0.2, 0.25) is 0 Å². The lowest BCUT2D eigenvalue weighted by Gasteiger charge is -2.17. The zero-order valence-electron chi connectivity index (χ0n) is 24.7. The molecule has 47 heavy (non-hydrogen) atoms. The molecule has 0 bridgehead atoms. The van der Waals surface area contributed by atoms with Crippen LogP contribution in [0.25, 0.3) is 55.0 Å². The number of aromatic nitrogens is 2. The molecule has 0 saturated heterocycles. The number of rotatable bonds is 3. The minimum Gasteiger partial charge on any atom is -0.309 e. The van der Waals surface area contributed by atoms with E-state index in [0.717, 1.165) is 54.2 Å². The van der Waals surface area contributed by atoms with Crippen molar-refractivity contribution in [2.45, 2.75) is 0 Å². The van der Waals surface area contributed by atoms with Gasteiger partial charge in [0.2, 0.25) is 0 Å². The number of benzene rings is 6. The summed E-state index contributed by atoms with van der Waals surface area (Å²) >= 11 is 0. The van der Waals surface area contributed by atoms with Crippen LogP contribution < -0.4 is 4.90 Å². The van der Waals surface area contributed by atoms with Gasteiger partial charge in [0.15, 0.2) is 0 Å². The van der Waals surface area contributed by atoms with Gasteiger partial charge in [-0.2, -0.15) is 10.5 Å². The normalized spacial score (nSPS) is 12.7. The molecule has 2 amide bonds. The molecule has 0 saturated carbocycles. The minimum atomic E-state index is -0.405. The fourth-order valence-corrected chi connectivity index (χ4v) is 7.03. The Morgan fingerprint density at radius 3 is 1.64 bits per heavy atom. The second-order valence-corrected chi connectivity index (χ2v) is 11.6. The van der Waals surface area contributed by atoms with E-state index in [1.165, 1.54) is 0 Å². The molecule has 3 heterocycles. The number of para-hydroxylation sites is 2. The Morgan fingerprint density at radius 1 is 0.468 bits per heavy atom. The Morgan fingerprint density at radius 2 is 1.02 bits per heavy atom. The van der Waals surface area contributed by atoms with Gasteiger partial charge in [-0.25, -0.2) is 4.90 Å². The average Bonchev–Trinajstić information content (AvgIpc) is 3.71. The molecule has 7 nitrogen and oxygen atoms in total. The lowest BCUT2D eigenvalue weighted by molar-refractivity contribution is 0.0926. The van der Waals surface area contributed by atoms with Crippen molar-refractivity contribution in [3.63, 3.8) is 0 Å². The van der Waals surface area contributed by atoms with E-state index in [9.17, 15) is 20.1 Å². The molecule has 0 atom stereocenters. The molecule has 0 fully saturated rings. The minimum absolute atomic E-state index is 0.328. The second kappa shape index (κ2) is 9.77. The summed E-state index contributed by atoms with van der Waals surface area (Å²) in [6.07, 6.45) is 0. The maximum atomic E-state index is 13.3. The standard InChI is InChI=1S/C40H21N5O2/c41-22-24-13-15-26(16-14-24)43-35-11-5-3-7-28(35)32-20-33-29-8-4-6-12-36(29)45(38(33)21-37(32)43)34-18-17-27(19-25(34)23-42)44-39(46)30-9-1-2-10-31(30)40(44)47/h1-21H. The van der Waals surface area contributed by atoms with Crippen LogP contribution in [0.5, 0.6) is 0 Å². The number of hydrogen-bond acceptors (Lipinski definition) is 4. The average molecular weight is 604 g/mol. The third-order valence-corrected chi connectivity index (χ3v) is 9.11. The lowest BCUT2D eigenvalue weighted by Crippen LogP contribution is -2.29. The molecular weight excluding hydrogens is 582 g/mol.